The van der Waals surface area contributed by atoms with Gasteiger partial charge in [0, 0.05) is 6.54 Å². The number of rotatable bonds is 6. The highest BCUT2D eigenvalue weighted by Gasteiger charge is 2.19. The number of hydrogen-bond acceptors (Lipinski definition) is 4. The second-order valence-corrected chi connectivity index (χ2v) is 6.50. The lowest BCUT2D eigenvalue weighted by atomic mass is 10.1. The maximum Gasteiger partial charge on any atom is 0.335 e. The molecule has 0 spiro atoms. The molecule has 3 aromatic rings. The molecule has 0 bridgehead atoms. The molecule has 0 saturated heterocycles. The molecule has 6 heteroatoms. The van der Waals surface area contributed by atoms with Crippen molar-refractivity contribution in [3.05, 3.63) is 92.1 Å². The van der Waals surface area contributed by atoms with E-state index in [2.05, 4.69) is 9.98 Å². The minimum Gasteiger partial charge on any atom is -0.493 e. The summed E-state index contributed by atoms with van der Waals surface area (Å²) in [6.45, 7) is 4.18. The van der Waals surface area contributed by atoms with Gasteiger partial charge in [0.15, 0.2) is 0 Å². The second kappa shape index (κ2) is 8.52. The fraction of sp³-hybridized carbons (Fsp3) is 0.227. The molecular formula is C22H23N3O3. The number of aliphatic imine (C=N–C) groups is 1. The normalized spacial score (nSPS) is 11.6. The summed E-state index contributed by atoms with van der Waals surface area (Å²) < 4.78 is 1.12. The average Bonchev–Trinajstić information content (AvgIpc) is 2.68. The lowest BCUT2D eigenvalue weighted by molar-refractivity contribution is 0.429. The summed E-state index contributed by atoms with van der Waals surface area (Å²) in [5, 5.41) is 10.8. The lowest BCUT2D eigenvalue weighted by Gasteiger charge is -2.14. The van der Waals surface area contributed by atoms with Crippen LogP contribution < -0.4 is 11.2 Å². The third-order valence-electron chi connectivity index (χ3n) is 4.61. The van der Waals surface area contributed by atoms with Crippen LogP contribution in [0, 0.1) is 6.92 Å². The first-order chi connectivity index (χ1) is 13.5. The third-order valence-corrected chi connectivity index (χ3v) is 4.61. The van der Waals surface area contributed by atoms with Crippen molar-refractivity contribution in [1.29, 1.82) is 0 Å². The van der Waals surface area contributed by atoms with Crippen molar-refractivity contribution in [2.45, 2.75) is 26.7 Å². The molecule has 144 valence electrons. The monoisotopic (exact) mass is 377 g/mol. The van der Waals surface area contributed by atoms with Gasteiger partial charge in [0.2, 0.25) is 5.88 Å². The highest BCUT2D eigenvalue weighted by atomic mass is 16.3. The predicted molar refractivity (Wildman–Crippen MR) is 111 cm³/mol. The van der Waals surface area contributed by atoms with Gasteiger partial charge in [0.25, 0.3) is 5.56 Å². The zero-order chi connectivity index (χ0) is 20.1. The number of aromatic amines is 1. The van der Waals surface area contributed by atoms with Gasteiger partial charge in [-0.1, -0.05) is 55.5 Å². The molecule has 0 amide bonds. The van der Waals surface area contributed by atoms with E-state index in [9.17, 15) is 14.7 Å². The smallest absolute Gasteiger partial charge is 0.335 e. The van der Waals surface area contributed by atoms with Crippen LogP contribution in [0.1, 0.15) is 30.0 Å². The Bertz CT molecular complexity index is 1110. The standard InChI is InChI=1S/C22H23N3O3/c1-3-17(23-14-13-16-10-5-4-6-11-16)19-20(26)24-22(28)25(21(19)27)18-12-8-7-9-15(18)2/h4-12,27H,3,13-14H2,1-2H3,(H,24,26,28). The number of benzene rings is 2. The van der Waals surface area contributed by atoms with E-state index in [-0.39, 0.29) is 11.4 Å². The van der Waals surface area contributed by atoms with Crippen molar-refractivity contribution in [2.75, 3.05) is 6.54 Å². The van der Waals surface area contributed by atoms with E-state index in [1.54, 1.807) is 12.1 Å². The summed E-state index contributed by atoms with van der Waals surface area (Å²) in [7, 11) is 0. The molecule has 2 N–H and O–H groups in total. The van der Waals surface area contributed by atoms with Gasteiger partial charge in [-0.15, -0.1) is 0 Å². The first-order valence-electron chi connectivity index (χ1n) is 9.24. The van der Waals surface area contributed by atoms with Crippen LogP contribution >= 0.6 is 0 Å². The van der Waals surface area contributed by atoms with E-state index in [0.717, 1.165) is 22.1 Å². The van der Waals surface area contributed by atoms with Crippen molar-refractivity contribution < 1.29 is 5.11 Å². The number of aromatic nitrogens is 2. The van der Waals surface area contributed by atoms with Crippen LogP contribution in [0.4, 0.5) is 0 Å². The molecule has 1 aromatic heterocycles. The summed E-state index contributed by atoms with van der Waals surface area (Å²) in [5.74, 6) is -0.386. The summed E-state index contributed by atoms with van der Waals surface area (Å²) >= 11 is 0. The van der Waals surface area contributed by atoms with E-state index in [1.165, 1.54) is 0 Å². The Morgan fingerprint density at radius 2 is 1.75 bits per heavy atom. The van der Waals surface area contributed by atoms with Gasteiger partial charge < -0.3 is 5.11 Å². The molecule has 0 unspecified atom stereocenters. The largest absolute Gasteiger partial charge is 0.493 e. The third kappa shape index (κ3) is 3.96. The Balaban J connectivity index is 2.04. The van der Waals surface area contributed by atoms with Gasteiger partial charge >= 0.3 is 5.69 Å². The van der Waals surface area contributed by atoms with E-state index >= 15 is 0 Å². The molecule has 6 nitrogen and oxygen atoms in total. The van der Waals surface area contributed by atoms with Crippen LogP contribution in [-0.2, 0) is 6.42 Å². The van der Waals surface area contributed by atoms with Crippen molar-refractivity contribution >= 4 is 5.71 Å². The number of aryl methyl sites for hydroxylation is 1. The van der Waals surface area contributed by atoms with Gasteiger partial charge in [0.1, 0.15) is 5.56 Å². The molecule has 0 radical (unpaired) electrons. The van der Waals surface area contributed by atoms with Crippen molar-refractivity contribution in [2.24, 2.45) is 4.99 Å². The van der Waals surface area contributed by atoms with Crippen LogP contribution in [0.2, 0.25) is 0 Å². The maximum atomic E-state index is 12.5. The van der Waals surface area contributed by atoms with Crippen molar-refractivity contribution in [1.82, 2.24) is 9.55 Å². The number of para-hydroxylation sites is 1. The molecular weight excluding hydrogens is 354 g/mol. The lowest BCUT2D eigenvalue weighted by Crippen LogP contribution is -2.33. The van der Waals surface area contributed by atoms with E-state index < -0.39 is 11.2 Å². The maximum absolute atomic E-state index is 12.5. The van der Waals surface area contributed by atoms with Crippen LogP contribution in [-0.4, -0.2) is 26.9 Å². The van der Waals surface area contributed by atoms with Crippen LogP contribution in [0.15, 0.2) is 69.2 Å². The zero-order valence-corrected chi connectivity index (χ0v) is 16.0. The van der Waals surface area contributed by atoms with Crippen molar-refractivity contribution in [3.63, 3.8) is 0 Å². The molecule has 0 fully saturated rings. The molecule has 28 heavy (non-hydrogen) atoms. The number of nitrogens with zero attached hydrogens (tertiary/aromatic N) is 2. The Labute approximate surface area is 162 Å². The van der Waals surface area contributed by atoms with E-state index in [4.69, 9.17) is 0 Å². The molecule has 0 atom stereocenters. The minimum atomic E-state index is -0.680. The highest BCUT2D eigenvalue weighted by Crippen LogP contribution is 2.20. The fourth-order valence-corrected chi connectivity index (χ4v) is 3.16. The van der Waals surface area contributed by atoms with Crippen LogP contribution in [0.25, 0.3) is 5.69 Å². The zero-order valence-electron chi connectivity index (χ0n) is 16.0. The Kier molecular flexibility index (Phi) is 5.89. The summed E-state index contributed by atoms with van der Waals surface area (Å²) in [6, 6.07) is 17.1. The Hall–Kier alpha value is -3.41. The van der Waals surface area contributed by atoms with E-state index in [0.29, 0.717) is 24.4 Å². The number of H-pyrrole nitrogens is 1. The van der Waals surface area contributed by atoms with E-state index in [1.807, 2.05) is 56.3 Å². The predicted octanol–water partition coefficient (Wildman–Crippen LogP) is 2.98. The van der Waals surface area contributed by atoms with Crippen molar-refractivity contribution in [3.8, 4) is 11.6 Å². The second-order valence-electron chi connectivity index (χ2n) is 6.50. The summed E-state index contributed by atoms with van der Waals surface area (Å²) in [4.78, 5) is 31.7. The minimum absolute atomic E-state index is 0.0402. The molecule has 0 aliphatic rings. The van der Waals surface area contributed by atoms with Gasteiger partial charge in [-0.25, -0.2) is 9.36 Å². The van der Waals surface area contributed by atoms with Gasteiger partial charge in [0.05, 0.1) is 11.4 Å². The van der Waals surface area contributed by atoms with Gasteiger partial charge in [-0.05, 0) is 37.0 Å². The SMILES string of the molecule is CCC(=NCCc1ccccc1)c1c(O)n(-c2ccccc2C)c(=O)[nH]c1=O. The van der Waals surface area contributed by atoms with Gasteiger partial charge in [-0.2, -0.15) is 0 Å². The molecule has 1 heterocycles. The molecule has 3 rings (SSSR count). The Morgan fingerprint density at radius 1 is 1.07 bits per heavy atom. The molecule has 0 aliphatic carbocycles. The molecule has 2 aromatic carbocycles. The molecule has 0 saturated carbocycles. The average molecular weight is 377 g/mol. The molecule has 0 aliphatic heterocycles. The number of nitrogens with one attached hydrogen (secondary N) is 1. The summed E-state index contributed by atoms with van der Waals surface area (Å²) in [5.41, 5.74) is 1.66. The van der Waals surface area contributed by atoms with Gasteiger partial charge in [-0.3, -0.25) is 14.8 Å². The Morgan fingerprint density at radius 3 is 2.43 bits per heavy atom. The topological polar surface area (TPSA) is 87.4 Å². The first kappa shape index (κ1) is 19.4. The quantitative estimate of drug-likeness (QED) is 0.648. The first-order valence-corrected chi connectivity index (χ1v) is 9.24. The number of aromatic hydroxyl groups is 1. The number of hydrogen-bond donors (Lipinski definition) is 2. The van der Waals surface area contributed by atoms with Crippen LogP contribution in [0.3, 0.4) is 0 Å². The fourth-order valence-electron chi connectivity index (χ4n) is 3.16. The summed E-state index contributed by atoms with van der Waals surface area (Å²) in [6.07, 6.45) is 1.18. The highest BCUT2D eigenvalue weighted by molar-refractivity contribution is 6.02. The van der Waals surface area contributed by atoms with Crippen LogP contribution in [0.5, 0.6) is 5.88 Å².